The number of anilines is 1. The Hall–Kier alpha value is -2.63. The maximum atomic E-state index is 13.0. The molecule has 1 fully saturated rings. The first-order valence-corrected chi connectivity index (χ1v) is 9.71. The molecule has 0 atom stereocenters. The van der Waals surface area contributed by atoms with Gasteiger partial charge in [-0.3, -0.25) is 0 Å². The Balaban J connectivity index is 1.55. The molecule has 2 heterocycles. The predicted molar refractivity (Wildman–Crippen MR) is 109 cm³/mol. The highest BCUT2D eigenvalue weighted by molar-refractivity contribution is 5.79. The van der Waals surface area contributed by atoms with E-state index in [9.17, 15) is 4.39 Å². The second kappa shape index (κ2) is 9.90. The van der Waals surface area contributed by atoms with Gasteiger partial charge in [-0.25, -0.2) is 14.4 Å². The van der Waals surface area contributed by atoms with Crippen molar-refractivity contribution < 1.29 is 4.39 Å². The first-order chi connectivity index (χ1) is 13.2. The van der Waals surface area contributed by atoms with Gasteiger partial charge in [0.2, 0.25) is 0 Å². The van der Waals surface area contributed by atoms with Crippen LogP contribution in [0.2, 0.25) is 0 Å². The Morgan fingerprint density at radius 1 is 1.11 bits per heavy atom. The molecule has 6 heteroatoms. The van der Waals surface area contributed by atoms with E-state index in [1.165, 1.54) is 25.0 Å². The van der Waals surface area contributed by atoms with Gasteiger partial charge < -0.3 is 15.5 Å². The highest BCUT2D eigenvalue weighted by atomic mass is 19.1. The van der Waals surface area contributed by atoms with Gasteiger partial charge in [0.1, 0.15) is 11.6 Å². The standard InChI is InChI=1S/C21H28FN5/c1-2-23-21(25-12-9-17-5-7-19(22)8-6-17)26-16-18-10-11-24-20(15-18)27-13-3-4-14-27/h5-8,10-11,15H,2-4,9,12-14,16H2,1H3,(H2,23,25,26). The van der Waals surface area contributed by atoms with Gasteiger partial charge in [-0.15, -0.1) is 0 Å². The molecule has 1 aliphatic rings. The summed E-state index contributed by atoms with van der Waals surface area (Å²) in [6.45, 7) is 6.38. The second-order valence-electron chi connectivity index (χ2n) is 6.71. The molecule has 3 rings (SSSR count). The molecule has 0 spiro atoms. The maximum Gasteiger partial charge on any atom is 0.191 e. The van der Waals surface area contributed by atoms with E-state index < -0.39 is 0 Å². The molecule has 27 heavy (non-hydrogen) atoms. The largest absolute Gasteiger partial charge is 0.357 e. The smallest absolute Gasteiger partial charge is 0.191 e. The molecule has 1 aromatic carbocycles. The highest BCUT2D eigenvalue weighted by Crippen LogP contribution is 2.18. The summed E-state index contributed by atoms with van der Waals surface area (Å²) in [5.74, 6) is 1.64. The SMILES string of the molecule is CCNC(=NCc1ccnc(N2CCCC2)c1)NCCc1ccc(F)cc1. The normalized spacial score (nSPS) is 14.4. The lowest BCUT2D eigenvalue weighted by molar-refractivity contribution is 0.626. The van der Waals surface area contributed by atoms with Crippen LogP contribution in [0.5, 0.6) is 0 Å². The molecule has 0 saturated carbocycles. The minimum atomic E-state index is -0.202. The van der Waals surface area contributed by atoms with Gasteiger partial charge in [0, 0.05) is 32.4 Å². The van der Waals surface area contributed by atoms with Crippen LogP contribution >= 0.6 is 0 Å². The molecule has 1 aromatic heterocycles. The number of pyridine rings is 1. The lowest BCUT2D eigenvalue weighted by atomic mass is 10.1. The quantitative estimate of drug-likeness (QED) is 0.582. The van der Waals surface area contributed by atoms with Crippen molar-refractivity contribution in [1.29, 1.82) is 0 Å². The number of halogens is 1. The van der Waals surface area contributed by atoms with Crippen LogP contribution in [0.3, 0.4) is 0 Å². The molecule has 0 aliphatic carbocycles. The predicted octanol–water partition coefficient (Wildman–Crippen LogP) is 3.12. The van der Waals surface area contributed by atoms with Gasteiger partial charge in [0.25, 0.3) is 0 Å². The van der Waals surface area contributed by atoms with Crippen molar-refractivity contribution in [2.75, 3.05) is 31.1 Å². The van der Waals surface area contributed by atoms with Crippen molar-refractivity contribution >= 4 is 11.8 Å². The lowest BCUT2D eigenvalue weighted by Gasteiger charge is -2.16. The van der Waals surface area contributed by atoms with Crippen LogP contribution in [0.15, 0.2) is 47.6 Å². The Bertz CT molecular complexity index is 738. The number of nitrogens with one attached hydrogen (secondary N) is 2. The molecular formula is C21H28FN5. The topological polar surface area (TPSA) is 52.6 Å². The summed E-state index contributed by atoms with van der Waals surface area (Å²) < 4.78 is 13.0. The molecule has 0 unspecified atom stereocenters. The van der Waals surface area contributed by atoms with E-state index >= 15 is 0 Å². The zero-order valence-corrected chi connectivity index (χ0v) is 15.9. The average Bonchev–Trinajstić information content (AvgIpc) is 3.23. The van der Waals surface area contributed by atoms with Crippen LogP contribution in [0.1, 0.15) is 30.9 Å². The van der Waals surface area contributed by atoms with Crippen molar-refractivity contribution in [1.82, 2.24) is 15.6 Å². The van der Waals surface area contributed by atoms with E-state index in [0.717, 1.165) is 55.5 Å². The number of aliphatic imine (C=N–C) groups is 1. The summed E-state index contributed by atoms with van der Waals surface area (Å²) in [7, 11) is 0. The van der Waals surface area contributed by atoms with Gasteiger partial charge in [-0.05, 0) is 61.6 Å². The summed E-state index contributed by atoms with van der Waals surface area (Å²) in [6, 6.07) is 10.8. The van der Waals surface area contributed by atoms with E-state index in [-0.39, 0.29) is 5.82 Å². The van der Waals surface area contributed by atoms with Crippen LogP contribution < -0.4 is 15.5 Å². The van der Waals surface area contributed by atoms with Crippen LogP contribution in [0.25, 0.3) is 0 Å². The summed E-state index contributed by atoms with van der Waals surface area (Å²) in [6.07, 6.45) is 5.17. The fourth-order valence-corrected chi connectivity index (χ4v) is 3.17. The molecule has 1 aliphatic heterocycles. The second-order valence-corrected chi connectivity index (χ2v) is 6.71. The van der Waals surface area contributed by atoms with Gasteiger partial charge in [0.05, 0.1) is 6.54 Å². The fraction of sp³-hybridized carbons (Fsp3) is 0.429. The third-order valence-corrected chi connectivity index (χ3v) is 4.62. The summed E-state index contributed by atoms with van der Waals surface area (Å²) in [5, 5.41) is 6.61. The molecular weight excluding hydrogens is 341 g/mol. The lowest BCUT2D eigenvalue weighted by Crippen LogP contribution is -2.38. The third-order valence-electron chi connectivity index (χ3n) is 4.62. The van der Waals surface area contributed by atoms with E-state index in [4.69, 9.17) is 0 Å². The number of rotatable bonds is 7. The van der Waals surface area contributed by atoms with E-state index in [1.54, 1.807) is 0 Å². The first kappa shape index (κ1) is 19.1. The Morgan fingerprint density at radius 2 is 1.89 bits per heavy atom. The summed E-state index contributed by atoms with van der Waals surface area (Å²) in [4.78, 5) is 11.5. The Morgan fingerprint density at radius 3 is 2.63 bits per heavy atom. The zero-order chi connectivity index (χ0) is 18.9. The molecule has 5 nitrogen and oxygen atoms in total. The number of aromatic nitrogens is 1. The van der Waals surface area contributed by atoms with Crippen molar-refractivity contribution in [3.63, 3.8) is 0 Å². The van der Waals surface area contributed by atoms with Crippen molar-refractivity contribution in [2.45, 2.75) is 32.7 Å². The zero-order valence-electron chi connectivity index (χ0n) is 15.9. The van der Waals surface area contributed by atoms with Gasteiger partial charge in [-0.2, -0.15) is 0 Å². The molecule has 0 bridgehead atoms. The molecule has 0 amide bonds. The third kappa shape index (κ3) is 5.94. The monoisotopic (exact) mass is 369 g/mol. The summed E-state index contributed by atoms with van der Waals surface area (Å²) >= 11 is 0. The Kier molecular flexibility index (Phi) is 7.02. The van der Waals surface area contributed by atoms with Crippen molar-refractivity contribution in [3.8, 4) is 0 Å². The molecule has 0 radical (unpaired) electrons. The fourth-order valence-electron chi connectivity index (χ4n) is 3.17. The number of hydrogen-bond acceptors (Lipinski definition) is 3. The molecule has 144 valence electrons. The van der Waals surface area contributed by atoms with E-state index in [0.29, 0.717) is 6.54 Å². The summed E-state index contributed by atoms with van der Waals surface area (Å²) in [5.41, 5.74) is 2.26. The Labute approximate surface area is 160 Å². The number of guanidine groups is 1. The minimum Gasteiger partial charge on any atom is -0.357 e. The first-order valence-electron chi connectivity index (χ1n) is 9.71. The highest BCUT2D eigenvalue weighted by Gasteiger charge is 2.13. The molecule has 1 saturated heterocycles. The number of nitrogens with zero attached hydrogens (tertiary/aromatic N) is 3. The van der Waals surface area contributed by atoms with Gasteiger partial charge in [0.15, 0.2) is 5.96 Å². The van der Waals surface area contributed by atoms with E-state index in [2.05, 4.69) is 38.5 Å². The van der Waals surface area contributed by atoms with Gasteiger partial charge >= 0.3 is 0 Å². The average molecular weight is 369 g/mol. The van der Waals surface area contributed by atoms with Crippen LogP contribution in [0.4, 0.5) is 10.2 Å². The van der Waals surface area contributed by atoms with Crippen LogP contribution in [-0.2, 0) is 13.0 Å². The number of benzene rings is 1. The minimum absolute atomic E-state index is 0.202. The number of hydrogen-bond donors (Lipinski definition) is 2. The van der Waals surface area contributed by atoms with Gasteiger partial charge in [-0.1, -0.05) is 12.1 Å². The van der Waals surface area contributed by atoms with E-state index in [1.807, 2.05) is 24.4 Å². The van der Waals surface area contributed by atoms with Crippen LogP contribution in [-0.4, -0.2) is 37.1 Å². The maximum absolute atomic E-state index is 13.0. The van der Waals surface area contributed by atoms with Crippen molar-refractivity contribution in [2.24, 2.45) is 4.99 Å². The molecule has 2 aromatic rings. The molecule has 2 N–H and O–H groups in total. The van der Waals surface area contributed by atoms with Crippen molar-refractivity contribution in [3.05, 3.63) is 59.5 Å². The van der Waals surface area contributed by atoms with Crippen LogP contribution in [0, 0.1) is 5.82 Å².